The zero-order valence-corrected chi connectivity index (χ0v) is 7.40. The normalized spacial score (nSPS) is 13.5. The van der Waals surface area contributed by atoms with E-state index < -0.39 is 0 Å². The van der Waals surface area contributed by atoms with Crippen LogP contribution in [0.3, 0.4) is 0 Å². The van der Waals surface area contributed by atoms with Crippen LogP contribution in [-0.2, 0) is 0 Å². The van der Waals surface area contributed by atoms with E-state index in [1.54, 1.807) is 0 Å². The third-order valence-electron chi connectivity index (χ3n) is 1.96. The SMILES string of the molecule is CCCCC[C@H](C)CCN. The van der Waals surface area contributed by atoms with Gasteiger partial charge in [0, 0.05) is 0 Å². The Kier molecular flexibility index (Phi) is 7.04. The second-order valence-corrected chi connectivity index (χ2v) is 3.18. The highest BCUT2D eigenvalue weighted by molar-refractivity contribution is 4.53. The smallest absolute Gasteiger partial charge is 0.00747 e. The van der Waals surface area contributed by atoms with E-state index in [-0.39, 0.29) is 0 Å². The summed E-state index contributed by atoms with van der Waals surface area (Å²) in [6, 6.07) is 0. The Morgan fingerprint density at radius 2 is 1.90 bits per heavy atom. The Balaban J connectivity index is 2.97. The molecule has 0 aliphatic carbocycles. The molecule has 0 aliphatic rings. The second-order valence-electron chi connectivity index (χ2n) is 3.18. The van der Waals surface area contributed by atoms with Crippen molar-refractivity contribution in [2.75, 3.05) is 6.54 Å². The largest absolute Gasteiger partial charge is 0.330 e. The van der Waals surface area contributed by atoms with E-state index in [4.69, 9.17) is 5.73 Å². The van der Waals surface area contributed by atoms with Crippen LogP contribution in [0.4, 0.5) is 0 Å². The summed E-state index contributed by atoms with van der Waals surface area (Å²) in [5, 5.41) is 0. The summed E-state index contributed by atoms with van der Waals surface area (Å²) in [5.41, 5.74) is 5.43. The van der Waals surface area contributed by atoms with Gasteiger partial charge >= 0.3 is 0 Å². The molecule has 0 spiro atoms. The topological polar surface area (TPSA) is 26.0 Å². The van der Waals surface area contributed by atoms with Gasteiger partial charge in [0.25, 0.3) is 0 Å². The maximum Gasteiger partial charge on any atom is -0.00747 e. The van der Waals surface area contributed by atoms with Crippen LogP contribution in [0, 0.1) is 5.92 Å². The van der Waals surface area contributed by atoms with E-state index in [1.165, 1.54) is 32.1 Å². The molecule has 0 heterocycles. The molecule has 1 heteroatoms. The Morgan fingerprint density at radius 1 is 1.20 bits per heavy atom. The van der Waals surface area contributed by atoms with Crippen LogP contribution in [0.2, 0.25) is 0 Å². The molecule has 0 rings (SSSR count). The lowest BCUT2D eigenvalue weighted by Gasteiger charge is -2.07. The lowest BCUT2D eigenvalue weighted by atomic mass is 10.0. The van der Waals surface area contributed by atoms with Gasteiger partial charge in [-0.25, -0.2) is 0 Å². The minimum atomic E-state index is 0.844. The molecule has 0 amide bonds. The van der Waals surface area contributed by atoms with Crippen LogP contribution < -0.4 is 5.73 Å². The molecule has 0 bridgehead atoms. The van der Waals surface area contributed by atoms with Crippen LogP contribution in [0.15, 0.2) is 0 Å². The first-order valence-corrected chi connectivity index (χ1v) is 4.51. The molecular formula is C9H21N. The van der Waals surface area contributed by atoms with E-state index in [1.807, 2.05) is 0 Å². The van der Waals surface area contributed by atoms with E-state index in [0.29, 0.717) is 0 Å². The molecule has 0 saturated carbocycles. The molecule has 0 fully saturated rings. The number of unbranched alkanes of at least 4 members (excludes halogenated alkanes) is 2. The highest BCUT2D eigenvalue weighted by Crippen LogP contribution is 2.11. The first-order valence-electron chi connectivity index (χ1n) is 4.51. The Hall–Kier alpha value is -0.0400. The van der Waals surface area contributed by atoms with Crippen molar-refractivity contribution in [3.05, 3.63) is 0 Å². The minimum Gasteiger partial charge on any atom is -0.330 e. The fourth-order valence-electron chi connectivity index (χ4n) is 1.17. The fraction of sp³-hybridized carbons (Fsp3) is 1.00. The van der Waals surface area contributed by atoms with Crippen molar-refractivity contribution >= 4 is 0 Å². The van der Waals surface area contributed by atoms with Crippen LogP contribution in [0.25, 0.3) is 0 Å². The fourth-order valence-corrected chi connectivity index (χ4v) is 1.17. The summed E-state index contributed by atoms with van der Waals surface area (Å²) in [5.74, 6) is 0.844. The van der Waals surface area contributed by atoms with Crippen molar-refractivity contribution in [3.63, 3.8) is 0 Å². The van der Waals surface area contributed by atoms with Crippen molar-refractivity contribution in [2.24, 2.45) is 11.7 Å². The van der Waals surface area contributed by atoms with E-state index >= 15 is 0 Å². The van der Waals surface area contributed by atoms with Crippen molar-refractivity contribution in [2.45, 2.75) is 46.0 Å². The predicted octanol–water partition coefficient (Wildman–Crippen LogP) is 2.55. The highest BCUT2D eigenvalue weighted by atomic mass is 14.5. The van der Waals surface area contributed by atoms with E-state index in [9.17, 15) is 0 Å². The van der Waals surface area contributed by atoms with Crippen LogP contribution >= 0.6 is 0 Å². The summed E-state index contributed by atoms with van der Waals surface area (Å²) in [6.07, 6.45) is 6.66. The summed E-state index contributed by atoms with van der Waals surface area (Å²) in [7, 11) is 0. The van der Waals surface area contributed by atoms with Crippen LogP contribution in [-0.4, -0.2) is 6.54 Å². The molecule has 0 saturated heterocycles. The molecule has 0 aromatic carbocycles. The van der Waals surface area contributed by atoms with Gasteiger partial charge in [0.05, 0.1) is 0 Å². The molecular weight excluding hydrogens is 122 g/mol. The molecule has 0 unspecified atom stereocenters. The van der Waals surface area contributed by atoms with Gasteiger partial charge in [-0.3, -0.25) is 0 Å². The quantitative estimate of drug-likeness (QED) is 0.568. The molecule has 1 nitrogen and oxygen atoms in total. The predicted molar refractivity (Wildman–Crippen MR) is 47.0 cm³/mol. The molecule has 0 aliphatic heterocycles. The Morgan fingerprint density at radius 3 is 2.40 bits per heavy atom. The van der Waals surface area contributed by atoms with E-state index in [0.717, 1.165) is 12.5 Å². The van der Waals surface area contributed by atoms with Gasteiger partial charge in [0.2, 0.25) is 0 Å². The average Bonchev–Trinajstić information content (AvgIpc) is 1.89. The minimum absolute atomic E-state index is 0.844. The number of nitrogens with two attached hydrogens (primary N) is 1. The first-order chi connectivity index (χ1) is 4.81. The van der Waals surface area contributed by atoms with Gasteiger partial charge < -0.3 is 5.73 Å². The number of hydrogen-bond donors (Lipinski definition) is 1. The maximum absolute atomic E-state index is 5.43. The molecule has 2 N–H and O–H groups in total. The lowest BCUT2D eigenvalue weighted by molar-refractivity contribution is 0.470. The van der Waals surface area contributed by atoms with Crippen molar-refractivity contribution in [1.82, 2.24) is 0 Å². The van der Waals surface area contributed by atoms with Crippen molar-refractivity contribution in [1.29, 1.82) is 0 Å². The molecule has 0 aromatic rings. The monoisotopic (exact) mass is 143 g/mol. The standard InChI is InChI=1S/C9H21N/c1-3-4-5-6-9(2)7-8-10/h9H,3-8,10H2,1-2H3/t9-/m0/s1. The van der Waals surface area contributed by atoms with E-state index in [2.05, 4.69) is 13.8 Å². The Labute approximate surface area is 65.0 Å². The summed E-state index contributed by atoms with van der Waals surface area (Å²) in [6.45, 7) is 5.39. The third-order valence-corrected chi connectivity index (χ3v) is 1.96. The molecule has 1 atom stereocenters. The third kappa shape index (κ3) is 6.09. The maximum atomic E-state index is 5.43. The van der Waals surface area contributed by atoms with Gasteiger partial charge in [0.15, 0.2) is 0 Å². The summed E-state index contributed by atoms with van der Waals surface area (Å²) >= 11 is 0. The van der Waals surface area contributed by atoms with Crippen LogP contribution in [0.1, 0.15) is 46.0 Å². The highest BCUT2D eigenvalue weighted by Gasteiger charge is 1.98. The van der Waals surface area contributed by atoms with Gasteiger partial charge in [-0.05, 0) is 18.9 Å². The van der Waals surface area contributed by atoms with Crippen LogP contribution in [0.5, 0.6) is 0 Å². The number of rotatable bonds is 6. The van der Waals surface area contributed by atoms with Gasteiger partial charge in [-0.15, -0.1) is 0 Å². The molecule has 0 aromatic heterocycles. The first kappa shape index (κ1) is 9.96. The molecule has 10 heavy (non-hydrogen) atoms. The van der Waals surface area contributed by atoms with Crippen molar-refractivity contribution < 1.29 is 0 Å². The van der Waals surface area contributed by atoms with Gasteiger partial charge in [-0.2, -0.15) is 0 Å². The summed E-state index contributed by atoms with van der Waals surface area (Å²) < 4.78 is 0. The van der Waals surface area contributed by atoms with Crippen molar-refractivity contribution in [3.8, 4) is 0 Å². The molecule has 62 valence electrons. The van der Waals surface area contributed by atoms with Gasteiger partial charge in [-0.1, -0.05) is 39.5 Å². The second kappa shape index (κ2) is 7.07. The number of hydrogen-bond acceptors (Lipinski definition) is 1. The zero-order valence-electron chi connectivity index (χ0n) is 7.40. The van der Waals surface area contributed by atoms with Gasteiger partial charge in [0.1, 0.15) is 0 Å². The Bertz CT molecular complexity index is 61.7. The molecule has 0 radical (unpaired) electrons. The lowest BCUT2D eigenvalue weighted by Crippen LogP contribution is -2.05. The zero-order chi connectivity index (χ0) is 7.82. The summed E-state index contributed by atoms with van der Waals surface area (Å²) in [4.78, 5) is 0. The average molecular weight is 143 g/mol.